The molecule has 10 heteroatoms. The quantitative estimate of drug-likeness (QED) is 0.505. The van der Waals surface area contributed by atoms with Crippen LogP contribution in [0.1, 0.15) is 37.1 Å². The maximum atomic E-state index is 12.9. The summed E-state index contributed by atoms with van der Waals surface area (Å²) >= 11 is 0. The number of carbonyl (C=O) groups is 2. The summed E-state index contributed by atoms with van der Waals surface area (Å²) < 4.78 is 28.3. The second-order valence-corrected chi connectivity index (χ2v) is 9.32. The number of benzene rings is 2. The third-order valence-corrected chi connectivity index (χ3v) is 6.47. The zero-order valence-electron chi connectivity index (χ0n) is 18.7. The number of urea groups is 1. The predicted molar refractivity (Wildman–Crippen MR) is 123 cm³/mol. The first-order valence-corrected chi connectivity index (χ1v) is 12.0. The molecule has 0 saturated heterocycles. The van der Waals surface area contributed by atoms with Gasteiger partial charge in [0.15, 0.2) is 0 Å². The van der Waals surface area contributed by atoms with Crippen molar-refractivity contribution in [1.82, 2.24) is 15.5 Å². The molecule has 4 N–H and O–H groups in total. The van der Waals surface area contributed by atoms with E-state index in [1.54, 1.807) is 19.1 Å². The summed E-state index contributed by atoms with van der Waals surface area (Å²) in [5, 5.41) is 10.7. The van der Waals surface area contributed by atoms with Gasteiger partial charge >= 0.3 is 12.0 Å². The number of nitrogens with two attached hydrogens (primary N) is 1. The van der Waals surface area contributed by atoms with Gasteiger partial charge in [0.2, 0.25) is 10.0 Å². The Kier molecular flexibility index (Phi) is 7.52. The van der Waals surface area contributed by atoms with Crippen LogP contribution in [0.3, 0.4) is 0 Å². The Balaban J connectivity index is 1.93. The van der Waals surface area contributed by atoms with Crippen LogP contribution in [-0.4, -0.2) is 45.5 Å². The molecule has 0 bridgehead atoms. The Labute approximate surface area is 193 Å². The smallest absolute Gasteiger partial charge is 0.338 e. The largest absolute Gasteiger partial charge is 0.463 e. The normalized spacial score (nSPS) is 17.4. The van der Waals surface area contributed by atoms with E-state index in [1.165, 1.54) is 12.1 Å². The molecule has 2 aromatic rings. The van der Waals surface area contributed by atoms with Crippen LogP contribution in [0.5, 0.6) is 0 Å². The standard InChI is InChI=1S/C23H28N4O5S/c1-4-32-22(28)20-19(25-23(29)26-21(20)17-8-6-5-7-9-17)14-27(3)15(2)16-10-12-18(13-11-16)33(24,30)31/h5-13,15,21H,4,14H2,1-3H3,(H2,24,30,31)(H2,25,26,29)/t15-,21+/m0/s1. The van der Waals surface area contributed by atoms with Crippen molar-refractivity contribution < 1.29 is 22.7 Å². The Bertz CT molecular complexity index is 1150. The molecule has 0 radical (unpaired) electrons. The van der Waals surface area contributed by atoms with Crippen LogP contribution in [0.2, 0.25) is 0 Å². The molecule has 3 rings (SSSR count). The Morgan fingerprint density at radius 1 is 1.15 bits per heavy atom. The lowest BCUT2D eigenvalue weighted by molar-refractivity contribution is -0.139. The van der Waals surface area contributed by atoms with Crippen molar-refractivity contribution in [2.24, 2.45) is 5.14 Å². The first kappa shape index (κ1) is 24.4. The summed E-state index contributed by atoms with van der Waals surface area (Å²) in [5.41, 5.74) is 2.40. The molecule has 9 nitrogen and oxygen atoms in total. The third kappa shape index (κ3) is 5.78. The van der Waals surface area contributed by atoms with E-state index in [0.29, 0.717) is 11.3 Å². The molecule has 0 unspecified atom stereocenters. The fraction of sp³-hybridized carbons (Fsp3) is 0.304. The van der Waals surface area contributed by atoms with E-state index in [2.05, 4.69) is 10.6 Å². The summed E-state index contributed by atoms with van der Waals surface area (Å²) in [6.45, 7) is 4.12. The molecule has 2 aromatic carbocycles. The van der Waals surface area contributed by atoms with Gasteiger partial charge in [0.05, 0.1) is 23.1 Å². The Morgan fingerprint density at radius 2 is 1.79 bits per heavy atom. The summed E-state index contributed by atoms with van der Waals surface area (Å²) in [6.07, 6.45) is 0. The summed E-state index contributed by atoms with van der Waals surface area (Å²) in [5.74, 6) is -0.507. The van der Waals surface area contributed by atoms with Crippen LogP contribution in [-0.2, 0) is 19.6 Å². The van der Waals surface area contributed by atoms with Gasteiger partial charge in [0.25, 0.3) is 0 Å². The van der Waals surface area contributed by atoms with Crippen molar-refractivity contribution in [3.63, 3.8) is 0 Å². The number of nitrogens with zero attached hydrogens (tertiary/aromatic N) is 1. The molecule has 2 atom stereocenters. The molecule has 33 heavy (non-hydrogen) atoms. The lowest BCUT2D eigenvalue weighted by Gasteiger charge is -2.33. The van der Waals surface area contributed by atoms with Gasteiger partial charge in [-0.05, 0) is 44.2 Å². The summed E-state index contributed by atoms with van der Waals surface area (Å²) in [4.78, 5) is 27.3. The fourth-order valence-corrected chi connectivity index (χ4v) is 4.18. The van der Waals surface area contributed by atoms with Gasteiger partial charge in [-0.15, -0.1) is 0 Å². The number of hydrogen-bond acceptors (Lipinski definition) is 6. The number of carbonyl (C=O) groups excluding carboxylic acids is 2. The molecule has 1 aliphatic rings. The average Bonchev–Trinajstić information content (AvgIpc) is 2.78. The fourth-order valence-electron chi connectivity index (χ4n) is 3.66. The molecule has 0 saturated carbocycles. The highest BCUT2D eigenvalue weighted by Crippen LogP contribution is 2.29. The molecule has 0 aliphatic carbocycles. The number of primary sulfonamides is 1. The zero-order chi connectivity index (χ0) is 24.2. The van der Waals surface area contributed by atoms with Crippen molar-refractivity contribution in [3.8, 4) is 0 Å². The highest BCUT2D eigenvalue weighted by Gasteiger charge is 2.34. The molecular formula is C23H28N4O5S. The summed E-state index contributed by atoms with van der Waals surface area (Å²) in [7, 11) is -1.93. The predicted octanol–water partition coefficient (Wildman–Crippen LogP) is 2.20. The van der Waals surface area contributed by atoms with Crippen LogP contribution in [0, 0.1) is 0 Å². The van der Waals surface area contributed by atoms with Crippen LogP contribution in [0.25, 0.3) is 0 Å². The Hall–Kier alpha value is -3.21. The number of amides is 2. The van der Waals surface area contributed by atoms with E-state index in [9.17, 15) is 18.0 Å². The van der Waals surface area contributed by atoms with Crippen molar-refractivity contribution in [3.05, 3.63) is 77.0 Å². The minimum absolute atomic E-state index is 0.0322. The lowest BCUT2D eigenvalue weighted by Crippen LogP contribution is -2.48. The topological polar surface area (TPSA) is 131 Å². The highest BCUT2D eigenvalue weighted by molar-refractivity contribution is 7.89. The van der Waals surface area contributed by atoms with E-state index in [4.69, 9.17) is 9.88 Å². The van der Waals surface area contributed by atoms with Crippen LogP contribution in [0.15, 0.2) is 70.8 Å². The lowest BCUT2D eigenvalue weighted by atomic mass is 9.94. The van der Waals surface area contributed by atoms with Gasteiger partial charge in [0, 0.05) is 18.3 Å². The summed E-state index contributed by atoms with van der Waals surface area (Å²) in [6, 6.07) is 14.3. The van der Waals surface area contributed by atoms with Crippen LogP contribution < -0.4 is 15.8 Å². The number of sulfonamides is 1. The van der Waals surface area contributed by atoms with Gasteiger partial charge in [-0.25, -0.2) is 23.1 Å². The van der Waals surface area contributed by atoms with E-state index >= 15 is 0 Å². The third-order valence-electron chi connectivity index (χ3n) is 5.54. The number of likely N-dealkylation sites (N-methyl/N-ethyl adjacent to an activating group) is 1. The van der Waals surface area contributed by atoms with Crippen molar-refractivity contribution in [1.29, 1.82) is 0 Å². The minimum atomic E-state index is -3.78. The molecule has 1 aliphatic heterocycles. The van der Waals surface area contributed by atoms with Gasteiger partial charge < -0.3 is 15.4 Å². The number of ether oxygens (including phenoxy) is 1. The first-order valence-electron chi connectivity index (χ1n) is 10.5. The second kappa shape index (κ2) is 10.2. The number of esters is 1. The molecule has 1 heterocycles. The second-order valence-electron chi connectivity index (χ2n) is 7.76. The Morgan fingerprint density at radius 3 is 2.36 bits per heavy atom. The van der Waals surface area contributed by atoms with Crippen molar-refractivity contribution in [2.45, 2.75) is 30.8 Å². The molecule has 0 aromatic heterocycles. The van der Waals surface area contributed by atoms with E-state index in [0.717, 1.165) is 11.1 Å². The maximum Gasteiger partial charge on any atom is 0.338 e. The highest BCUT2D eigenvalue weighted by atomic mass is 32.2. The number of hydrogen-bond donors (Lipinski definition) is 3. The minimum Gasteiger partial charge on any atom is -0.463 e. The van der Waals surface area contributed by atoms with E-state index in [-0.39, 0.29) is 24.1 Å². The van der Waals surface area contributed by atoms with Crippen molar-refractivity contribution >= 4 is 22.0 Å². The SMILES string of the molecule is CCOC(=O)C1=C(CN(C)[C@@H](C)c2ccc(S(N)(=O)=O)cc2)NC(=O)N[C@@H]1c1ccccc1. The van der Waals surface area contributed by atoms with Crippen LogP contribution >= 0.6 is 0 Å². The molecule has 0 spiro atoms. The van der Waals surface area contributed by atoms with Gasteiger partial charge in [-0.1, -0.05) is 42.5 Å². The van der Waals surface area contributed by atoms with Gasteiger partial charge in [0.1, 0.15) is 0 Å². The number of nitrogens with one attached hydrogen (secondary N) is 2. The monoisotopic (exact) mass is 472 g/mol. The van der Waals surface area contributed by atoms with E-state index in [1.807, 2.05) is 49.2 Å². The van der Waals surface area contributed by atoms with Gasteiger partial charge in [-0.3, -0.25) is 4.90 Å². The van der Waals surface area contributed by atoms with Crippen molar-refractivity contribution in [2.75, 3.05) is 20.2 Å². The zero-order valence-corrected chi connectivity index (χ0v) is 19.6. The van der Waals surface area contributed by atoms with Crippen LogP contribution in [0.4, 0.5) is 4.79 Å². The first-order chi connectivity index (χ1) is 15.6. The maximum absolute atomic E-state index is 12.9. The molecule has 0 fully saturated rings. The molecular weight excluding hydrogens is 444 g/mol. The number of rotatable bonds is 8. The van der Waals surface area contributed by atoms with Gasteiger partial charge in [-0.2, -0.15) is 0 Å². The average molecular weight is 473 g/mol. The molecule has 176 valence electrons. The molecule has 2 amide bonds. The van der Waals surface area contributed by atoms with E-state index < -0.39 is 28.1 Å².